The molecule has 0 aliphatic rings. The number of aryl methyl sites for hydroxylation is 3. The maximum absolute atomic E-state index is 12.7. The smallest absolute Gasteiger partial charge is 0.307 e. The topological polar surface area (TPSA) is 60.7 Å². The van der Waals surface area contributed by atoms with Gasteiger partial charge in [-0.25, -0.2) is 0 Å². The van der Waals surface area contributed by atoms with E-state index in [1.165, 1.54) is 11.3 Å². The molecule has 0 saturated carbocycles. The SMILES string of the molecule is CCOC(=O)CCn1c(=NC(=O)c2ccccc2C)sc2cc(C)ccc21. The summed E-state index contributed by atoms with van der Waals surface area (Å²) in [4.78, 5) is 29.5. The van der Waals surface area contributed by atoms with E-state index in [0.29, 0.717) is 23.5 Å². The average molecular weight is 382 g/mol. The first-order valence-electron chi connectivity index (χ1n) is 8.90. The Morgan fingerprint density at radius 1 is 1.15 bits per heavy atom. The van der Waals surface area contributed by atoms with Crippen LogP contribution >= 0.6 is 11.3 Å². The molecule has 2 aromatic carbocycles. The van der Waals surface area contributed by atoms with Crippen molar-refractivity contribution in [3.05, 3.63) is 64.0 Å². The van der Waals surface area contributed by atoms with Crippen LogP contribution < -0.4 is 4.80 Å². The lowest BCUT2D eigenvalue weighted by Crippen LogP contribution is -2.19. The van der Waals surface area contributed by atoms with E-state index < -0.39 is 0 Å². The van der Waals surface area contributed by atoms with Crippen LogP contribution in [0.25, 0.3) is 10.2 Å². The molecule has 0 radical (unpaired) electrons. The van der Waals surface area contributed by atoms with Crippen molar-refractivity contribution in [2.75, 3.05) is 6.61 Å². The quantitative estimate of drug-likeness (QED) is 0.626. The first-order valence-corrected chi connectivity index (χ1v) is 9.71. The van der Waals surface area contributed by atoms with Crippen LogP contribution in [0.5, 0.6) is 0 Å². The van der Waals surface area contributed by atoms with Crippen LogP contribution in [0.1, 0.15) is 34.8 Å². The van der Waals surface area contributed by atoms with Gasteiger partial charge in [0.2, 0.25) is 0 Å². The fourth-order valence-corrected chi connectivity index (χ4v) is 4.03. The van der Waals surface area contributed by atoms with E-state index in [-0.39, 0.29) is 18.3 Å². The molecule has 0 fully saturated rings. The van der Waals surface area contributed by atoms with Gasteiger partial charge in [-0.05, 0) is 50.1 Å². The molecule has 0 atom stereocenters. The number of rotatable bonds is 5. The summed E-state index contributed by atoms with van der Waals surface area (Å²) in [6, 6.07) is 13.5. The number of fused-ring (bicyclic) bond motifs is 1. The minimum Gasteiger partial charge on any atom is -0.466 e. The Morgan fingerprint density at radius 2 is 1.93 bits per heavy atom. The van der Waals surface area contributed by atoms with Crippen LogP contribution in [0.3, 0.4) is 0 Å². The predicted octanol–water partition coefficient (Wildman–Crippen LogP) is 4.01. The fourth-order valence-electron chi connectivity index (χ4n) is 2.88. The number of thiazole rings is 1. The molecule has 5 nitrogen and oxygen atoms in total. The van der Waals surface area contributed by atoms with E-state index in [9.17, 15) is 9.59 Å². The molecule has 0 saturated heterocycles. The Balaban J connectivity index is 2.05. The number of amides is 1. The number of hydrogen-bond donors (Lipinski definition) is 0. The van der Waals surface area contributed by atoms with Gasteiger partial charge in [-0.15, -0.1) is 0 Å². The van der Waals surface area contributed by atoms with Crippen LogP contribution in [-0.4, -0.2) is 23.1 Å². The van der Waals surface area contributed by atoms with Gasteiger partial charge in [0.25, 0.3) is 5.91 Å². The van der Waals surface area contributed by atoms with E-state index >= 15 is 0 Å². The second-order valence-electron chi connectivity index (χ2n) is 6.29. The van der Waals surface area contributed by atoms with Gasteiger partial charge in [-0.3, -0.25) is 9.59 Å². The van der Waals surface area contributed by atoms with E-state index in [2.05, 4.69) is 11.1 Å². The number of ether oxygens (including phenoxy) is 1. The number of benzene rings is 2. The molecule has 0 aliphatic heterocycles. The molecule has 1 heterocycles. The highest BCUT2D eigenvalue weighted by Crippen LogP contribution is 2.20. The van der Waals surface area contributed by atoms with Crippen molar-refractivity contribution in [1.29, 1.82) is 0 Å². The lowest BCUT2D eigenvalue weighted by atomic mass is 10.1. The zero-order valence-corrected chi connectivity index (χ0v) is 16.5. The lowest BCUT2D eigenvalue weighted by Gasteiger charge is -2.06. The van der Waals surface area contributed by atoms with Gasteiger partial charge in [0, 0.05) is 12.1 Å². The third kappa shape index (κ3) is 4.34. The summed E-state index contributed by atoms with van der Waals surface area (Å²) in [5.74, 6) is -0.533. The summed E-state index contributed by atoms with van der Waals surface area (Å²) in [5, 5.41) is 0. The molecule has 0 N–H and O–H groups in total. The molecule has 0 bridgehead atoms. The first kappa shape index (κ1) is 19.0. The summed E-state index contributed by atoms with van der Waals surface area (Å²) in [6.45, 7) is 6.48. The molecule has 1 aromatic heterocycles. The fraction of sp³-hybridized carbons (Fsp3) is 0.286. The molecule has 1 amide bonds. The van der Waals surface area contributed by atoms with E-state index in [1.807, 2.05) is 48.7 Å². The number of esters is 1. The second-order valence-corrected chi connectivity index (χ2v) is 7.30. The standard InChI is InChI=1S/C21H22N2O3S/c1-4-26-19(24)11-12-23-17-10-9-14(2)13-18(17)27-21(23)22-20(25)16-8-6-5-7-15(16)3/h5-10,13H,4,11-12H2,1-3H3. The highest BCUT2D eigenvalue weighted by Gasteiger charge is 2.12. The lowest BCUT2D eigenvalue weighted by molar-refractivity contribution is -0.143. The minimum absolute atomic E-state index is 0.235. The monoisotopic (exact) mass is 382 g/mol. The molecule has 27 heavy (non-hydrogen) atoms. The summed E-state index contributed by atoms with van der Waals surface area (Å²) in [5.41, 5.74) is 3.58. The molecule has 0 spiro atoms. The summed E-state index contributed by atoms with van der Waals surface area (Å²) >= 11 is 1.46. The van der Waals surface area contributed by atoms with Crippen LogP contribution in [0.2, 0.25) is 0 Å². The molecular formula is C21H22N2O3S. The number of aromatic nitrogens is 1. The third-order valence-electron chi connectivity index (χ3n) is 4.26. The maximum atomic E-state index is 12.7. The van der Waals surface area contributed by atoms with Gasteiger partial charge < -0.3 is 9.30 Å². The van der Waals surface area contributed by atoms with Gasteiger partial charge in [0.05, 0.1) is 23.2 Å². The van der Waals surface area contributed by atoms with Crippen LogP contribution in [0, 0.1) is 13.8 Å². The van der Waals surface area contributed by atoms with Crippen molar-refractivity contribution in [3.8, 4) is 0 Å². The Labute approximate surface area is 161 Å². The number of hydrogen-bond acceptors (Lipinski definition) is 4. The summed E-state index contributed by atoms with van der Waals surface area (Å²) in [7, 11) is 0. The molecular weight excluding hydrogens is 360 g/mol. The first-order chi connectivity index (χ1) is 13.0. The maximum Gasteiger partial charge on any atom is 0.307 e. The molecule has 6 heteroatoms. The minimum atomic E-state index is -0.277. The van der Waals surface area contributed by atoms with Crippen LogP contribution in [-0.2, 0) is 16.1 Å². The van der Waals surface area contributed by atoms with Crippen molar-refractivity contribution in [3.63, 3.8) is 0 Å². The van der Waals surface area contributed by atoms with Gasteiger partial charge >= 0.3 is 5.97 Å². The Morgan fingerprint density at radius 3 is 2.67 bits per heavy atom. The van der Waals surface area contributed by atoms with Gasteiger partial charge in [0.1, 0.15) is 0 Å². The van der Waals surface area contributed by atoms with Crippen molar-refractivity contribution in [1.82, 2.24) is 4.57 Å². The number of carbonyl (C=O) groups excluding carboxylic acids is 2. The van der Waals surface area contributed by atoms with Crippen molar-refractivity contribution in [2.45, 2.75) is 33.7 Å². The van der Waals surface area contributed by atoms with Gasteiger partial charge in [-0.1, -0.05) is 35.6 Å². The highest BCUT2D eigenvalue weighted by molar-refractivity contribution is 7.16. The molecule has 3 aromatic rings. The Hall–Kier alpha value is -2.73. The van der Waals surface area contributed by atoms with E-state index in [4.69, 9.17) is 4.74 Å². The van der Waals surface area contributed by atoms with Crippen LogP contribution in [0.15, 0.2) is 47.5 Å². The van der Waals surface area contributed by atoms with Crippen molar-refractivity contribution in [2.24, 2.45) is 4.99 Å². The average Bonchev–Trinajstić information content (AvgIpc) is 2.96. The third-order valence-corrected chi connectivity index (χ3v) is 5.30. The normalized spacial score (nSPS) is 11.7. The van der Waals surface area contributed by atoms with E-state index in [0.717, 1.165) is 21.3 Å². The molecule has 0 unspecified atom stereocenters. The van der Waals surface area contributed by atoms with Crippen molar-refractivity contribution >= 4 is 33.4 Å². The Bertz CT molecular complexity index is 1060. The molecule has 140 valence electrons. The highest BCUT2D eigenvalue weighted by atomic mass is 32.1. The molecule has 3 rings (SSSR count). The van der Waals surface area contributed by atoms with Gasteiger partial charge in [0.15, 0.2) is 4.80 Å². The zero-order chi connectivity index (χ0) is 19.4. The van der Waals surface area contributed by atoms with Crippen LogP contribution in [0.4, 0.5) is 0 Å². The Kier molecular flexibility index (Phi) is 5.86. The second kappa shape index (κ2) is 8.31. The predicted molar refractivity (Wildman–Crippen MR) is 107 cm³/mol. The van der Waals surface area contributed by atoms with E-state index in [1.54, 1.807) is 13.0 Å². The summed E-state index contributed by atoms with van der Waals surface area (Å²) in [6.07, 6.45) is 0.235. The number of nitrogens with zero attached hydrogens (tertiary/aromatic N) is 2. The largest absolute Gasteiger partial charge is 0.466 e. The molecule has 0 aliphatic carbocycles. The number of carbonyl (C=O) groups is 2. The van der Waals surface area contributed by atoms with Gasteiger partial charge in [-0.2, -0.15) is 4.99 Å². The summed E-state index contributed by atoms with van der Waals surface area (Å²) < 4.78 is 7.99. The zero-order valence-electron chi connectivity index (χ0n) is 15.7. The van der Waals surface area contributed by atoms with Crippen molar-refractivity contribution < 1.29 is 14.3 Å².